The Morgan fingerprint density at radius 3 is 2.58 bits per heavy atom. The predicted octanol–water partition coefficient (Wildman–Crippen LogP) is 2.48. The van der Waals surface area contributed by atoms with E-state index in [1.54, 1.807) is 0 Å². The van der Waals surface area contributed by atoms with Gasteiger partial charge in [0, 0.05) is 32.1 Å². The molecule has 132 valence electrons. The molecule has 1 N–H and O–H groups in total. The van der Waals surface area contributed by atoms with Gasteiger partial charge in [0.2, 0.25) is 5.91 Å². The Balaban J connectivity index is 1.47. The molecule has 1 atom stereocenters. The fraction of sp³-hybridized carbons (Fsp3) is 0.650. The van der Waals surface area contributed by atoms with Crippen molar-refractivity contribution in [2.45, 2.75) is 32.6 Å². The first-order chi connectivity index (χ1) is 11.7. The summed E-state index contributed by atoms with van der Waals surface area (Å²) in [5, 5.41) is 3.24. The molecule has 3 rings (SSSR count). The summed E-state index contributed by atoms with van der Waals surface area (Å²) in [5.41, 5.74) is 1.66. The van der Waals surface area contributed by atoms with Crippen molar-refractivity contribution >= 4 is 5.91 Å². The first-order valence-corrected chi connectivity index (χ1v) is 9.29. The Labute approximate surface area is 145 Å². The summed E-state index contributed by atoms with van der Waals surface area (Å²) in [6, 6.07) is 10.7. The zero-order chi connectivity index (χ0) is 16.8. The van der Waals surface area contributed by atoms with Crippen LogP contribution in [0.15, 0.2) is 30.3 Å². The van der Waals surface area contributed by atoms with E-state index in [-0.39, 0.29) is 17.2 Å². The molecule has 0 spiro atoms. The monoisotopic (exact) mass is 330 g/mol. The van der Waals surface area contributed by atoms with Crippen molar-refractivity contribution in [1.29, 1.82) is 0 Å². The third-order valence-corrected chi connectivity index (χ3v) is 5.56. The topological polar surface area (TPSA) is 41.6 Å². The number of carbonyl (C=O) groups excluding carboxylic acids is 1. The third kappa shape index (κ3) is 4.58. The molecule has 1 amide bonds. The Morgan fingerprint density at radius 1 is 1.25 bits per heavy atom. The second-order valence-electron chi connectivity index (χ2n) is 7.55. The Morgan fingerprint density at radius 2 is 1.96 bits per heavy atom. The van der Waals surface area contributed by atoms with Crippen LogP contribution < -0.4 is 5.32 Å². The van der Waals surface area contributed by atoms with Gasteiger partial charge in [0.1, 0.15) is 0 Å². The van der Waals surface area contributed by atoms with Gasteiger partial charge in [0.05, 0.1) is 13.2 Å². The lowest BCUT2D eigenvalue weighted by atomic mass is 9.65. The molecule has 4 nitrogen and oxygen atoms in total. The van der Waals surface area contributed by atoms with E-state index in [2.05, 4.69) is 40.5 Å². The van der Waals surface area contributed by atoms with Crippen LogP contribution in [-0.4, -0.2) is 50.2 Å². The molecule has 1 saturated heterocycles. The SMILES string of the molecule is CC(CN1CCOCC1)C(=O)NCC1(Cc2ccccc2)CCC1. The standard InChI is InChI=1S/C20H30N2O2/c1-17(15-22-10-12-24-13-11-22)19(23)21-16-20(8-5-9-20)14-18-6-3-2-4-7-18/h2-4,6-7,17H,5,8-16H2,1H3,(H,21,23). The molecular weight excluding hydrogens is 300 g/mol. The summed E-state index contributed by atoms with van der Waals surface area (Å²) < 4.78 is 5.37. The van der Waals surface area contributed by atoms with E-state index < -0.39 is 0 Å². The molecule has 1 aliphatic carbocycles. The van der Waals surface area contributed by atoms with Gasteiger partial charge >= 0.3 is 0 Å². The number of morpholine rings is 1. The van der Waals surface area contributed by atoms with Crippen LogP contribution in [0.4, 0.5) is 0 Å². The minimum atomic E-state index is 0.0388. The van der Waals surface area contributed by atoms with Crippen LogP contribution >= 0.6 is 0 Å². The number of carbonyl (C=O) groups is 1. The Kier molecular flexibility index (Phi) is 5.90. The summed E-state index contributed by atoms with van der Waals surface area (Å²) in [6.07, 6.45) is 4.80. The van der Waals surface area contributed by atoms with E-state index in [4.69, 9.17) is 4.74 Å². The second-order valence-corrected chi connectivity index (χ2v) is 7.55. The van der Waals surface area contributed by atoms with Crippen LogP contribution in [0, 0.1) is 11.3 Å². The summed E-state index contributed by atoms with van der Waals surface area (Å²) >= 11 is 0. The highest BCUT2D eigenvalue weighted by atomic mass is 16.5. The quantitative estimate of drug-likeness (QED) is 0.835. The molecule has 0 radical (unpaired) electrons. The van der Waals surface area contributed by atoms with Gasteiger partial charge in [-0.15, -0.1) is 0 Å². The molecule has 1 saturated carbocycles. The largest absolute Gasteiger partial charge is 0.379 e. The van der Waals surface area contributed by atoms with Crippen molar-refractivity contribution in [2.24, 2.45) is 11.3 Å². The van der Waals surface area contributed by atoms with Crippen molar-refractivity contribution in [3.63, 3.8) is 0 Å². The van der Waals surface area contributed by atoms with Crippen molar-refractivity contribution in [3.05, 3.63) is 35.9 Å². The summed E-state index contributed by atoms with van der Waals surface area (Å²) in [6.45, 7) is 7.14. The van der Waals surface area contributed by atoms with E-state index in [0.29, 0.717) is 0 Å². The fourth-order valence-corrected chi connectivity index (χ4v) is 3.82. The number of rotatable bonds is 7. The minimum absolute atomic E-state index is 0.0388. The molecule has 24 heavy (non-hydrogen) atoms. The zero-order valence-corrected chi connectivity index (χ0v) is 14.8. The lowest BCUT2D eigenvalue weighted by molar-refractivity contribution is -0.126. The number of ether oxygens (including phenoxy) is 1. The fourth-order valence-electron chi connectivity index (χ4n) is 3.82. The highest BCUT2D eigenvalue weighted by Gasteiger charge is 2.37. The first kappa shape index (κ1) is 17.4. The van der Waals surface area contributed by atoms with Gasteiger partial charge in [-0.2, -0.15) is 0 Å². The van der Waals surface area contributed by atoms with Gasteiger partial charge in [-0.25, -0.2) is 0 Å². The summed E-state index contributed by atoms with van der Waals surface area (Å²) in [4.78, 5) is 14.8. The number of benzene rings is 1. The van der Waals surface area contributed by atoms with Crippen LogP contribution in [0.3, 0.4) is 0 Å². The Bertz CT molecular complexity index is 522. The summed E-state index contributed by atoms with van der Waals surface area (Å²) in [7, 11) is 0. The normalized spacial score (nSPS) is 21.7. The molecule has 1 unspecified atom stereocenters. The number of amides is 1. The maximum Gasteiger partial charge on any atom is 0.224 e. The van der Waals surface area contributed by atoms with Crippen LogP contribution in [0.2, 0.25) is 0 Å². The van der Waals surface area contributed by atoms with Crippen LogP contribution in [0.25, 0.3) is 0 Å². The van der Waals surface area contributed by atoms with E-state index in [9.17, 15) is 4.79 Å². The smallest absolute Gasteiger partial charge is 0.224 e. The molecule has 2 aliphatic rings. The van der Waals surface area contributed by atoms with Crippen LogP contribution in [-0.2, 0) is 16.0 Å². The van der Waals surface area contributed by atoms with Crippen molar-refractivity contribution in [3.8, 4) is 0 Å². The predicted molar refractivity (Wildman–Crippen MR) is 95.9 cm³/mol. The van der Waals surface area contributed by atoms with Gasteiger partial charge in [-0.3, -0.25) is 9.69 Å². The maximum absolute atomic E-state index is 12.5. The van der Waals surface area contributed by atoms with E-state index in [1.165, 1.54) is 24.8 Å². The van der Waals surface area contributed by atoms with Crippen LogP contribution in [0.1, 0.15) is 31.7 Å². The minimum Gasteiger partial charge on any atom is -0.379 e. The number of nitrogens with zero attached hydrogens (tertiary/aromatic N) is 1. The number of nitrogens with one attached hydrogen (secondary N) is 1. The van der Waals surface area contributed by atoms with E-state index >= 15 is 0 Å². The molecule has 1 aliphatic heterocycles. The molecule has 4 heteroatoms. The molecule has 0 bridgehead atoms. The highest BCUT2D eigenvalue weighted by Crippen LogP contribution is 2.43. The van der Waals surface area contributed by atoms with Gasteiger partial charge in [0.25, 0.3) is 0 Å². The van der Waals surface area contributed by atoms with E-state index in [1.807, 2.05) is 6.92 Å². The number of hydrogen-bond acceptors (Lipinski definition) is 3. The molecule has 2 fully saturated rings. The third-order valence-electron chi connectivity index (χ3n) is 5.56. The summed E-state index contributed by atoms with van der Waals surface area (Å²) in [5.74, 6) is 0.234. The maximum atomic E-state index is 12.5. The average Bonchev–Trinajstić information content (AvgIpc) is 2.58. The van der Waals surface area contributed by atoms with E-state index in [0.717, 1.165) is 45.8 Å². The second kappa shape index (κ2) is 8.13. The molecule has 0 aromatic heterocycles. The van der Waals surface area contributed by atoms with Crippen LogP contribution in [0.5, 0.6) is 0 Å². The zero-order valence-electron chi connectivity index (χ0n) is 14.8. The van der Waals surface area contributed by atoms with Gasteiger partial charge < -0.3 is 10.1 Å². The lowest BCUT2D eigenvalue weighted by Gasteiger charge is -2.42. The first-order valence-electron chi connectivity index (χ1n) is 9.29. The highest BCUT2D eigenvalue weighted by molar-refractivity contribution is 5.78. The molecular formula is C20H30N2O2. The van der Waals surface area contributed by atoms with Crippen molar-refractivity contribution < 1.29 is 9.53 Å². The number of hydrogen-bond donors (Lipinski definition) is 1. The molecule has 1 aromatic rings. The Hall–Kier alpha value is -1.39. The molecule has 1 heterocycles. The van der Waals surface area contributed by atoms with Gasteiger partial charge in [-0.1, -0.05) is 43.7 Å². The van der Waals surface area contributed by atoms with Gasteiger partial charge in [0.15, 0.2) is 0 Å². The van der Waals surface area contributed by atoms with Crippen molar-refractivity contribution in [1.82, 2.24) is 10.2 Å². The average molecular weight is 330 g/mol. The molecule has 1 aromatic carbocycles. The lowest BCUT2D eigenvalue weighted by Crippen LogP contribution is -2.47. The van der Waals surface area contributed by atoms with Crippen molar-refractivity contribution in [2.75, 3.05) is 39.4 Å². The van der Waals surface area contributed by atoms with Gasteiger partial charge in [-0.05, 0) is 30.2 Å².